The molecule has 0 atom stereocenters. The molecule has 2 rings (SSSR count). The van der Waals surface area contributed by atoms with Crippen molar-refractivity contribution in [2.75, 3.05) is 56.3 Å². The van der Waals surface area contributed by atoms with Gasteiger partial charge >= 0.3 is 0 Å². The van der Waals surface area contributed by atoms with Gasteiger partial charge < -0.3 is 15.4 Å². The van der Waals surface area contributed by atoms with Crippen LogP contribution in [-0.2, 0) is 14.8 Å². The Morgan fingerprint density at radius 3 is 2.65 bits per heavy atom. The molecule has 0 amide bonds. The Bertz CT molecular complexity index is 541. The summed E-state index contributed by atoms with van der Waals surface area (Å²) in [4.78, 5) is 6.04. The Hall–Kier alpha value is -1.38. The zero-order valence-electron chi connectivity index (χ0n) is 11.5. The predicted octanol–water partition coefficient (Wildman–Crippen LogP) is -0.238. The average Bonchev–Trinajstić information content (AvgIpc) is 2.46. The van der Waals surface area contributed by atoms with E-state index in [1.165, 1.54) is 11.4 Å². The number of nitrogens with two attached hydrogens (primary N) is 1. The summed E-state index contributed by atoms with van der Waals surface area (Å²) in [5, 5.41) is 0. The van der Waals surface area contributed by atoms with Gasteiger partial charge in [-0.2, -0.15) is 4.31 Å². The largest absolute Gasteiger partial charge is 0.396 e. The Labute approximate surface area is 119 Å². The van der Waals surface area contributed by atoms with Gasteiger partial charge in [0.2, 0.25) is 10.0 Å². The lowest BCUT2D eigenvalue weighted by atomic mass is 10.2. The number of hydrogen-bond donors (Lipinski definition) is 1. The van der Waals surface area contributed by atoms with Crippen LogP contribution in [0, 0.1) is 0 Å². The standard InChI is InChI=1S/C12H20N4O3S/c1-19-8-9-20(17,18)16-6-4-15(5-7-16)12-2-3-14-10-11(12)13/h2-3,10H,4-9,13H2,1H3. The van der Waals surface area contributed by atoms with Crippen molar-refractivity contribution < 1.29 is 13.2 Å². The van der Waals surface area contributed by atoms with Crippen LogP contribution in [0.3, 0.4) is 0 Å². The van der Waals surface area contributed by atoms with Crippen LogP contribution < -0.4 is 10.6 Å². The number of anilines is 2. The lowest BCUT2D eigenvalue weighted by molar-refractivity contribution is 0.215. The van der Waals surface area contributed by atoms with E-state index in [2.05, 4.69) is 9.88 Å². The fraction of sp³-hybridized carbons (Fsp3) is 0.583. The second kappa shape index (κ2) is 6.38. The van der Waals surface area contributed by atoms with Crippen molar-refractivity contribution in [3.05, 3.63) is 18.5 Å². The van der Waals surface area contributed by atoms with Crippen molar-refractivity contribution in [2.24, 2.45) is 0 Å². The second-order valence-electron chi connectivity index (χ2n) is 4.63. The first-order valence-electron chi connectivity index (χ1n) is 6.46. The number of piperazine rings is 1. The summed E-state index contributed by atoms with van der Waals surface area (Å²) in [6.45, 7) is 2.41. The van der Waals surface area contributed by atoms with E-state index >= 15 is 0 Å². The zero-order chi connectivity index (χ0) is 14.6. The first-order valence-corrected chi connectivity index (χ1v) is 8.06. The third-order valence-electron chi connectivity index (χ3n) is 3.35. The minimum Gasteiger partial charge on any atom is -0.396 e. The van der Waals surface area contributed by atoms with Gasteiger partial charge in [0.05, 0.1) is 29.9 Å². The molecule has 1 aromatic rings. The molecular formula is C12H20N4O3S. The van der Waals surface area contributed by atoms with Gasteiger partial charge in [-0.05, 0) is 6.07 Å². The van der Waals surface area contributed by atoms with Gasteiger partial charge in [0.1, 0.15) is 0 Å². The molecule has 8 heteroatoms. The maximum atomic E-state index is 12.0. The van der Waals surface area contributed by atoms with E-state index in [9.17, 15) is 8.42 Å². The minimum atomic E-state index is -3.22. The van der Waals surface area contributed by atoms with E-state index < -0.39 is 10.0 Å². The minimum absolute atomic E-state index is 0.0287. The number of pyridine rings is 1. The molecule has 20 heavy (non-hydrogen) atoms. The molecule has 0 spiro atoms. The van der Waals surface area contributed by atoms with Gasteiger partial charge in [-0.3, -0.25) is 4.98 Å². The summed E-state index contributed by atoms with van der Waals surface area (Å²) < 4.78 is 30.4. The number of rotatable bonds is 5. The number of aromatic nitrogens is 1. The molecule has 2 heterocycles. The van der Waals surface area contributed by atoms with Crippen molar-refractivity contribution in [1.29, 1.82) is 0 Å². The summed E-state index contributed by atoms with van der Waals surface area (Å²) in [6, 6.07) is 1.85. The maximum absolute atomic E-state index is 12.0. The number of hydrogen-bond acceptors (Lipinski definition) is 6. The Morgan fingerprint density at radius 1 is 1.35 bits per heavy atom. The highest BCUT2D eigenvalue weighted by molar-refractivity contribution is 7.89. The topological polar surface area (TPSA) is 88.8 Å². The van der Waals surface area contributed by atoms with Crippen LogP contribution in [0.1, 0.15) is 0 Å². The molecule has 0 aliphatic carbocycles. The molecule has 2 N–H and O–H groups in total. The molecule has 0 radical (unpaired) electrons. The maximum Gasteiger partial charge on any atom is 0.216 e. The van der Waals surface area contributed by atoms with Crippen molar-refractivity contribution >= 4 is 21.4 Å². The van der Waals surface area contributed by atoms with Crippen molar-refractivity contribution in [3.63, 3.8) is 0 Å². The van der Waals surface area contributed by atoms with Crippen LogP contribution in [0.2, 0.25) is 0 Å². The van der Waals surface area contributed by atoms with E-state index in [4.69, 9.17) is 10.5 Å². The van der Waals surface area contributed by atoms with Crippen LogP contribution in [0.15, 0.2) is 18.5 Å². The van der Waals surface area contributed by atoms with Crippen molar-refractivity contribution in [3.8, 4) is 0 Å². The molecular weight excluding hydrogens is 280 g/mol. The van der Waals surface area contributed by atoms with E-state index in [0.717, 1.165) is 5.69 Å². The Morgan fingerprint density at radius 2 is 2.05 bits per heavy atom. The molecule has 1 aromatic heterocycles. The molecule has 112 valence electrons. The van der Waals surface area contributed by atoms with Gasteiger partial charge in [-0.1, -0.05) is 0 Å². The molecule has 1 aliphatic rings. The molecule has 0 saturated carbocycles. The summed E-state index contributed by atoms with van der Waals surface area (Å²) in [6.07, 6.45) is 3.30. The van der Waals surface area contributed by atoms with Crippen LogP contribution in [0.25, 0.3) is 0 Å². The number of nitrogens with zero attached hydrogens (tertiary/aromatic N) is 3. The van der Waals surface area contributed by atoms with Crippen LogP contribution in [-0.4, -0.2) is 63.4 Å². The van der Waals surface area contributed by atoms with E-state index in [1.807, 2.05) is 6.07 Å². The zero-order valence-corrected chi connectivity index (χ0v) is 12.3. The highest BCUT2D eigenvalue weighted by Crippen LogP contribution is 2.23. The average molecular weight is 300 g/mol. The first-order chi connectivity index (χ1) is 9.54. The molecule has 1 aliphatic heterocycles. The van der Waals surface area contributed by atoms with Crippen molar-refractivity contribution in [1.82, 2.24) is 9.29 Å². The normalized spacial score (nSPS) is 17.4. The summed E-state index contributed by atoms with van der Waals surface area (Å²) in [7, 11) is -1.72. The second-order valence-corrected chi connectivity index (χ2v) is 6.72. The number of methoxy groups -OCH3 is 1. The third-order valence-corrected chi connectivity index (χ3v) is 5.18. The van der Waals surface area contributed by atoms with Gasteiger partial charge in [0, 0.05) is 39.5 Å². The summed E-state index contributed by atoms with van der Waals surface area (Å²) >= 11 is 0. The summed E-state index contributed by atoms with van der Waals surface area (Å²) in [5.74, 6) is 0.0287. The van der Waals surface area contributed by atoms with E-state index in [0.29, 0.717) is 31.9 Å². The van der Waals surface area contributed by atoms with Crippen molar-refractivity contribution in [2.45, 2.75) is 0 Å². The monoisotopic (exact) mass is 300 g/mol. The third kappa shape index (κ3) is 3.38. The SMILES string of the molecule is COCCS(=O)(=O)N1CCN(c2ccncc2N)CC1. The first kappa shape index (κ1) is 15.0. The van der Waals surface area contributed by atoms with Crippen LogP contribution >= 0.6 is 0 Å². The fourth-order valence-electron chi connectivity index (χ4n) is 2.21. The molecule has 0 unspecified atom stereocenters. The van der Waals surface area contributed by atoms with E-state index in [-0.39, 0.29) is 12.4 Å². The highest BCUT2D eigenvalue weighted by atomic mass is 32.2. The Kier molecular flexibility index (Phi) is 4.79. The number of sulfonamides is 1. The van der Waals surface area contributed by atoms with Gasteiger partial charge in [0.15, 0.2) is 0 Å². The number of nitrogen functional groups attached to an aromatic ring is 1. The molecule has 7 nitrogen and oxygen atoms in total. The van der Waals surface area contributed by atoms with Gasteiger partial charge in [0.25, 0.3) is 0 Å². The quantitative estimate of drug-likeness (QED) is 0.807. The molecule has 1 saturated heterocycles. The van der Waals surface area contributed by atoms with Gasteiger partial charge in [-0.15, -0.1) is 0 Å². The highest BCUT2D eigenvalue weighted by Gasteiger charge is 2.27. The van der Waals surface area contributed by atoms with E-state index in [1.54, 1.807) is 12.4 Å². The predicted molar refractivity (Wildman–Crippen MR) is 78.1 cm³/mol. The lowest BCUT2D eigenvalue weighted by Gasteiger charge is -2.35. The molecule has 1 fully saturated rings. The van der Waals surface area contributed by atoms with Gasteiger partial charge in [-0.25, -0.2) is 8.42 Å². The smallest absolute Gasteiger partial charge is 0.216 e. The van der Waals surface area contributed by atoms with Crippen LogP contribution in [0.4, 0.5) is 11.4 Å². The molecule has 0 aromatic carbocycles. The number of ether oxygens (including phenoxy) is 1. The lowest BCUT2D eigenvalue weighted by Crippen LogP contribution is -2.49. The summed E-state index contributed by atoms with van der Waals surface area (Å²) in [5.41, 5.74) is 7.41. The molecule has 0 bridgehead atoms. The Balaban J connectivity index is 1.98. The fourth-order valence-corrected chi connectivity index (χ4v) is 3.57. The van der Waals surface area contributed by atoms with Crippen LogP contribution in [0.5, 0.6) is 0 Å².